The van der Waals surface area contributed by atoms with Crippen molar-refractivity contribution in [2.24, 2.45) is 5.73 Å². The second-order valence-corrected chi connectivity index (χ2v) is 28.2. The number of alkyl halides is 3. The average molecular weight is 1700 g/mol. The third-order valence-corrected chi connectivity index (χ3v) is 15.9. The van der Waals surface area contributed by atoms with Crippen molar-refractivity contribution >= 4 is 93.0 Å². The Morgan fingerprint density at radius 2 is 0.863 bits per heavy atom. The number of aldehydes is 2. The SMILES string of the molecule is CC(C)(C)OC(=O)NCCC(=O)Nc1cccc(O)c1.CC(C)(C)OC(=O)NCCC(=O)O.NCCC(=O)Nc1cccc(O)c1.Nc1cccc(O)c1.O=C(CCNCc1ccc(-c2nc3cc[nH]c(=O)c3cc2-c2ccccc2)cc1)Nc1cccc(O)c1.O=CC(F)(F)F.O=Cc1ccc(-c2nc3cc[nH]c(=O)c3cc2-c2ccccc2)cc1.[2H]C#C. The van der Waals surface area contributed by atoms with Gasteiger partial charge in [0.1, 0.15) is 41.9 Å². The summed E-state index contributed by atoms with van der Waals surface area (Å²) in [5.74, 6) is -0.938. The molecule has 0 atom stereocenters. The number of nitrogens with two attached hydrogens (primary N) is 2. The maximum atomic E-state index is 12.4. The molecule has 12 rings (SSSR count). The van der Waals surface area contributed by atoms with E-state index in [1.54, 1.807) is 139 Å². The number of hydrogen-bond acceptors (Lipinski definition) is 21. The van der Waals surface area contributed by atoms with E-state index in [1.807, 2.05) is 115 Å². The lowest BCUT2D eigenvalue weighted by atomic mass is 9.97. The van der Waals surface area contributed by atoms with E-state index >= 15 is 0 Å². The number of phenols is 4. The van der Waals surface area contributed by atoms with Gasteiger partial charge in [-0.1, -0.05) is 133 Å². The van der Waals surface area contributed by atoms with Crippen LogP contribution in [0.25, 0.3) is 66.6 Å². The summed E-state index contributed by atoms with van der Waals surface area (Å²) >= 11 is 0. The molecule has 12 aromatic rings. The van der Waals surface area contributed by atoms with E-state index in [9.17, 15) is 66.5 Å². The van der Waals surface area contributed by atoms with Crippen molar-refractivity contribution in [3.63, 3.8) is 0 Å². The molecular formula is C92H97F3N12O17. The molecule has 32 heteroatoms. The van der Waals surface area contributed by atoms with E-state index in [0.29, 0.717) is 76.2 Å². The maximum absolute atomic E-state index is 12.4. The predicted molar refractivity (Wildman–Crippen MR) is 472 cm³/mol. The lowest BCUT2D eigenvalue weighted by Gasteiger charge is -2.19. The maximum Gasteiger partial charge on any atom is 0.446 e. The number of aromatic hydroxyl groups is 4. The number of nitrogens with zero attached hydrogens (tertiary/aromatic N) is 2. The molecule has 0 saturated carbocycles. The second-order valence-electron chi connectivity index (χ2n) is 28.2. The van der Waals surface area contributed by atoms with Crippen LogP contribution in [-0.2, 0) is 40.0 Å². The van der Waals surface area contributed by atoms with Crippen LogP contribution >= 0.6 is 0 Å². The number of pyridine rings is 4. The number of phenolic OH excluding ortho intramolecular Hbond substituents is 4. The largest absolute Gasteiger partial charge is 0.508 e. The fourth-order valence-electron chi connectivity index (χ4n) is 10.5. The number of amides is 5. The van der Waals surface area contributed by atoms with Crippen molar-refractivity contribution in [2.75, 3.05) is 47.9 Å². The first-order chi connectivity index (χ1) is 59.4. The second kappa shape index (κ2) is 50.4. The number of fused-ring (bicyclic) bond motifs is 2. The van der Waals surface area contributed by atoms with Crippen LogP contribution in [0, 0.1) is 12.8 Å². The van der Waals surface area contributed by atoms with Gasteiger partial charge < -0.3 is 88.3 Å². The van der Waals surface area contributed by atoms with E-state index < -0.39 is 41.8 Å². The van der Waals surface area contributed by atoms with Crippen LogP contribution in [0.2, 0.25) is 0 Å². The van der Waals surface area contributed by atoms with Crippen molar-refractivity contribution in [1.82, 2.24) is 35.9 Å². The van der Waals surface area contributed by atoms with Crippen molar-refractivity contribution < 1.29 is 87.9 Å². The number of halogens is 3. The lowest BCUT2D eigenvalue weighted by Crippen LogP contribution is -2.34. The van der Waals surface area contributed by atoms with Gasteiger partial charge in [-0.05, 0) is 131 Å². The van der Waals surface area contributed by atoms with Gasteiger partial charge in [-0.2, -0.15) is 13.2 Å². The van der Waals surface area contributed by atoms with Crippen LogP contribution in [0.4, 0.5) is 45.5 Å². The van der Waals surface area contributed by atoms with Gasteiger partial charge in [0.2, 0.25) is 24.0 Å². The van der Waals surface area contributed by atoms with Crippen molar-refractivity contribution in [3.8, 4) is 80.6 Å². The molecule has 0 aliphatic rings. The number of rotatable bonds is 21. The molecule has 0 radical (unpaired) electrons. The van der Waals surface area contributed by atoms with Gasteiger partial charge in [-0.25, -0.2) is 19.6 Å². The number of nitrogens with one attached hydrogen (secondary N) is 8. The molecule has 0 fully saturated rings. The predicted octanol–water partition coefficient (Wildman–Crippen LogP) is 15.0. The Kier molecular flexibility index (Phi) is 39.6. The van der Waals surface area contributed by atoms with Gasteiger partial charge in [0, 0.05) is 139 Å². The van der Waals surface area contributed by atoms with Crippen LogP contribution in [-0.4, -0.2) is 137 Å². The Balaban J connectivity index is 0.000000277. The van der Waals surface area contributed by atoms with E-state index in [2.05, 4.69) is 48.3 Å². The standard InChI is InChI=1S/C30H26N4O3.C21H14N2O2.C14H20N2O4.C9H12N2O2.C8H15NO4.C6H7NO.C2HF3O.C2H2/c35-24-8-4-7-23(17-24)33-28(36)14-15-31-19-20-9-11-22(12-10-20)29-25(21-5-2-1-3-6-21)18-26-27(34-29)13-16-32-30(26)37;24-13-14-6-8-16(9-7-14)20-17(15-4-2-1-3-5-15)12-18-19(23-20)10-11-22-21(18)25;1-14(2,3)20-13(19)15-8-7-12(18)16-10-5-4-6-11(17)9-10;10-5-4-9(13)11-7-2-1-3-8(12)6-7;1-8(2,3)13-7(12)9-5-4-6(10)11;7-5-2-1-3-6(8)4-5;3-2(4,5)1-6;1-2/h1-13,16-18,31,35H,14-15,19H2,(H,32,37)(H,33,36);1-13H,(H,22,25);4-6,9,17H,7-8H2,1-3H3,(H,15,19)(H,16,18);1-3,6,12H,4-5,10H2,(H,11,13);4-5H2,1-3H3,(H,9,12)(H,10,11);1-4,8H,7H2;1H;1-2H/i;;;;;;;1D. The summed E-state index contributed by atoms with van der Waals surface area (Å²) < 4.78 is 46.9. The molecule has 17 N–H and O–H groups in total. The number of carboxylic acid groups (broad SMARTS) is 1. The molecule has 4 heterocycles. The molecule has 0 unspecified atom stereocenters. The number of ether oxygens (including phenoxy) is 2. The number of carboxylic acids is 1. The number of H-pyrrole nitrogens is 2. The Labute approximate surface area is 713 Å². The number of anilines is 4. The van der Waals surface area contributed by atoms with E-state index in [1.165, 1.54) is 36.7 Å². The average Bonchev–Trinajstić information content (AvgIpc) is 0.779. The zero-order valence-electron chi connectivity index (χ0n) is 69.5. The number of hydrogen-bond donors (Lipinski definition) is 15. The molecule has 0 aliphatic carbocycles. The fraction of sp³-hybridized carbons (Fsp3) is 0.196. The minimum Gasteiger partial charge on any atom is -0.508 e. The van der Waals surface area contributed by atoms with Gasteiger partial charge in [-0.15, -0.1) is 12.8 Å². The number of benzene rings is 8. The highest BCUT2D eigenvalue weighted by Gasteiger charge is 2.25. The number of carbonyl (C=O) groups is 8. The molecule has 29 nitrogen and oxygen atoms in total. The number of terminal acetylenes is 1. The van der Waals surface area contributed by atoms with E-state index in [4.69, 9.17) is 52.4 Å². The lowest BCUT2D eigenvalue weighted by molar-refractivity contribution is -0.156. The third kappa shape index (κ3) is 37.6. The summed E-state index contributed by atoms with van der Waals surface area (Å²) in [6.07, 6.45) is 3.57. The van der Waals surface area contributed by atoms with Crippen molar-refractivity contribution in [2.45, 2.75) is 91.1 Å². The molecule has 0 bridgehead atoms. The van der Waals surface area contributed by atoms with E-state index in [0.717, 1.165) is 56.6 Å². The number of aliphatic carboxylic acids is 1. The topological polar surface area (TPSA) is 472 Å². The number of nitrogen functional groups attached to an aromatic ring is 1. The smallest absolute Gasteiger partial charge is 0.446 e. The number of aromatic amines is 2. The van der Waals surface area contributed by atoms with E-state index in [-0.39, 0.29) is 84.2 Å². The highest BCUT2D eigenvalue weighted by atomic mass is 19.4. The zero-order valence-corrected chi connectivity index (χ0v) is 68.5. The van der Waals surface area contributed by atoms with Crippen LogP contribution in [0.3, 0.4) is 0 Å². The number of aromatic nitrogens is 4. The molecule has 0 saturated heterocycles. The summed E-state index contributed by atoms with van der Waals surface area (Å²) in [4.78, 5) is 126. The minimum atomic E-state index is -4.64. The first kappa shape index (κ1) is 97.3. The molecule has 0 aliphatic heterocycles. The van der Waals surface area contributed by atoms with Gasteiger partial charge in [0.15, 0.2) is 0 Å². The molecular weight excluding hydrogens is 1600 g/mol. The molecule has 0 spiro atoms. The van der Waals surface area contributed by atoms with Crippen LogP contribution in [0.15, 0.2) is 253 Å². The molecule has 124 heavy (non-hydrogen) atoms. The first-order valence-corrected chi connectivity index (χ1v) is 38.0. The summed E-state index contributed by atoms with van der Waals surface area (Å²) in [6, 6.07) is 68.2. The fourth-order valence-corrected chi connectivity index (χ4v) is 10.5. The van der Waals surface area contributed by atoms with Crippen LogP contribution in [0.5, 0.6) is 23.0 Å². The van der Waals surface area contributed by atoms with Gasteiger partial charge in [-0.3, -0.25) is 38.4 Å². The summed E-state index contributed by atoms with van der Waals surface area (Å²) in [7, 11) is 0. The quantitative estimate of drug-likeness (QED) is 0.0137. The summed E-state index contributed by atoms with van der Waals surface area (Å²) in [6.45, 7) is 12.2. The van der Waals surface area contributed by atoms with Gasteiger partial charge in [0.25, 0.3) is 11.1 Å². The van der Waals surface area contributed by atoms with Crippen LogP contribution in [0.1, 0.15) is 84.5 Å². The van der Waals surface area contributed by atoms with Crippen LogP contribution < -0.4 is 54.5 Å². The van der Waals surface area contributed by atoms with Crippen molar-refractivity contribution in [3.05, 3.63) is 275 Å². The monoisotopic (exact) mass is 1700 g/mol. The van der Waals surface area contributed by atoms with Crippen molar-refractivity contribution in [1.29, 1.82) is 0 Å². The Morgan fingerprint density at radius 3 is 1.21 bits per heavy atom. The number of carbonyl (C=O) groups excluding carboxylic acids is 7. The number of alkyl carbamates (subject to hydrolysis) is 2. The highest BCUT2D eigenvalue weighted by molar-refractivity contribution is 5.95. The molecule has 8 aromatic carbocycles. The summed E-state index contributed by atoms with van der Waals surface area (Å²) in [5.41, 5.74) is 21.5. The highest BCUT2D eigenvalue weighted by Crippen LogP contribution is 2.35. The third-order valence-electron chi connectivity index (χ3n) is 15.9. The minimum absolute atomic E-state index is 0.0784. The molecule has 5 amide bonds. The Bertz CT molecular complexity index is 5670. The Hall–Kier alpha value is -15.5. The Morgan fingerprint density at radius 1 is 0.492 bits per heavy atom. The summed E-state index contributed by atoms with van der Waals surface area (Å²) in [5, 5.41) is 62.1. The molecule has 4 aromatic heterocycles. The molecule has 648 valence electrons. The van der Waals surface area contributed by atoms with Gasteiger partial charge in [0.05, 0.1) is 39.6 Å². The van der Waals surface area contributed by atoms with Gasteiger partial charge >= 0.3 is 24.3 Å². The first-order valence-electron chi connectivity index (χ1n) is 38.5. The zero-order chi connectivity index (χ0) is 92.1. The normalized spacial score (nSPS) is 10.5.